The highest BCUT2D eigenvalue weighted by Crippen LogP contribution is 2.39. The third-order valence-corrected chi connectivity index (χ3v) is 8.91. The van der Waals surface area contributed by atoms with Crippen molar-refractivity contribution < 1.29 is 4.79 Å². The number of carbonyl (C=O) groups is 1. The van der Waals surface area contributed by atoms with Crippen molar-refractivity contribution in [3.63, 3.8) is 0 Å². The lowest BCUT2D eigenvalue weighted by atomic mass is 9.97. The van der Waals surface area contributed by atoms with Gasteiger partial charge in [0.25, 0.3) is 5.91 Å². The Morgan fingerprint density at radius 2 is 1.97 bits per heavy atom. The monoisotopic (exact) mass is 554 g/mol. The van der Waals surface area contributed by atoms with Gasteiger partial charge < -0.3 is 10.2 Å². The first-order valence-corrected chi connectivity index (χ1v) is 14.2. The Kier molecular flexibility index (Phi) is 7.03. The number of para-hydroxylation sites is 1. The summed E-state index contributed by atoms with van der Waals surface area (Å²) in [4.78, 5) is 28.9. The van der Waals surface area contributed by atoms with Crippen LogP contribution in [0.15, 0.2) is 47.6 Å². The Morgan fingerprint density at radius 1 is 1.14 bits per heavy atom. The number of rotatable bonds is 5. The van der Waals surface area contributed by atoms with Crippen molar-refractivity contribution in [1.29, 1.82) is 0 Å². The predicted octanol–water partition coefficient (Wildman–Crippen LogP) is 5.55. The molecule has 0 aliphatic carbocycles. The third-order valence-electron chi connectivity index (χ3n) is 7.33. The molecule has 1 N–H and O–H groups in total. The highest BCUT2D eigenvalue weighted by molar-refractivity contribution is 7.99. The number of halogens is 2. The first-order chi connectivity index (χ1) is 17.9. The molecule has 0 saturated carbocycles. The quantitative estimate of drug-likeness (QED) is 0.415. The van der Waals surface area contributed by atoms with E-state index < -0.39 is 0 Å². The zero-order valence-corrected chi connectivity index (χ0v) is 22.9. The van der Waals surface area contributed by atoms with Crippen LogP contribution in [0.25, 0.3) is 0 Å². The van der Waals surface area contributed by atoms with E-state index in [2.05, 4.69) is 50.3 Å². The lowest BCUT2D eigenvalue weighted by molar-refractivity contribution is 0.0985. The number of nitrogens with one attached hydrogen (secondary N) is 1. The Balaban J connectivity index is 1.14. The van der Waals surface area contributed by atoms with Crippen molar-refractivity contribution in [2.24, 2.45) is 5.92 Å². The van der Waals surface area contributed by atoms with Crippen LogP contribution < -0.4 is 10.2 Å². The van der Waals surface area contributed by atoms with E-state index in [1.54, 1.807) is 29.3 Å². The molecule has 10 heteroatoms. The van der Waals surface area contributed by atoms with E-state index in [9.17, 15) is 4.79 Å². The maximum Gasteiger partial charge on any atom is 0.263 e. The number of anilines is 3. The number of aromatic nitrogens is 2. The molecular formula is C27H28Cl2N6OS. The summed E-state index contributed by atoms with van der Waals surface area (Å²) in [6.07, 6.45) is 3.93. The van der Waals surface area contributed by atoms with Gasteiger partial charge in [0.15, 0.2) is 0 Å². The summed E-state index contributed by atoms with van der Waals surface area (Å²) < 4.78 is 0. The molecule has 2 aromatic carbocycles. The summed E-state index contributed by atoms with van der Waals surface area (Å²) >= 11 is 14.1. The average Bonchev–Trinajstić information content (AvgIpc) is 3.29. The lowest BCUT2D eigenvalue weighted by Gasteiger charge is -2.31. The van der Waals surface area contributed by atoms with Gasteiger partial charge in [0.05, 0.1) is 27.2 Å². The number of benzene rings is 2. The van der Waals surface area contributed by atoms with Crippen LogP contribution in [0.2, 0.25) is 10.0 Å². The second-order valence-corrected chi connectivity index (χ2v) is 11.7. The second-order valence-electron chi connectivity index (χ2n) is 10.00. The summed E-state index contributed by atoms with van der Waals surface area (Å²) in [5.74, 6) is 1.43. The maximum absolute atomic E-state index is 13.2. The van der Waals surface area contributed by atoms with E-state index >= 15 is 0 Å². The van der Waals surface area contributed by atoms with Crippen LogP contribution in [0, 0.1) is 5.92 Å². The van der Waals surface area contributed by atoms with Crippen molar-refractivity contribution in [2.45, 2.75) is 24.4 Å². The van der Waals surface area contributed by atoms with Crippen LogP contribution in [0.5, 0.6) is 0 Å². The Labute approximate surface area is 231 Å². The highest BCUT2D eigenvalue weighted by atomic mass is 35.5. The van der Waals surface area contributed by atoms with Gasteiger partial charge in [-0.25, -0.2) is 9.97 Å². The maximum atomic E-state index is 13.2. The molecule has 3 aromatic rings. The molecule has 3 aliphatic heterocycles. The SMILES string of the molecule is CN1CCC(CN2CCc3cc(Nc4ncc5c(n4)SCN(c4c(Cl)cccc4Cl)C5=O)ccc3C2)C1. The molecule has 4 heterocycles. The third kappa shape index (κ3) is 5.18. The van der Waals surface area contributed by atoms with Crippen LogP contribution >= 0.6 is 35.0 Å². The van der Waals surface area contributed by atoms with Crippen LogP contribution in [-0.4, -0.2) is 64.8 Å². The summed E-state index contributed by atoms with van der Waals surface area (Å²) in [7, 11) is 2.22. The van der Waals surface area contributed by atoms with Crippen LogP contribution in [-0.2, 0) is 13.0 Å². The minimum atomic E-state index is -0.210. The Bertz CT molecular complexity index is 1330. The summed E-state index contributed by atoms with van der Waals surface area (Å²) in [6.45, 7) is 5.72. The fourth-order valence-electron chi connectivity index (χ4n) is 5.44. The minimum absolute atomic E-state index is 0.210. The molecule has 1 amide bonds. The van der Waals surface area contributed by atoms with Crippen molar-refractivity contribution in [1.82, 2.24) is 19.8 Å². The molecule has 1 fully saturated rings. The molecular weight excluding hydrogens is 527 g/mol. The Morgan fingerprint density at radius 3 is 2.76 bits per heavy atom. The molecule has 6 rings (SSSR count). The first-order valence-electron chi connectivity index (χ1n) is 12.5. The van der Waals surface area contributed by atoms with E-state index in [-0.39, 0.29) is 5.91 Å². The molecule has 0 spiro atoms. The van der Waals surface area contributed by atoms with Gasteiger partial charge in [-0.15, -0.1) is 0 Å². The van der Waals surface area contributed by atoms with Crippen LogP contribution in [0.1, 0.15) is 27.9 Å². The van der Waals surface area contributed by atoms with Crippen molar-refractivity contribution in [2.75, 3.05) is 49.3 Å². The largest absolute Gasteiger partial charge is 0.324 e. The van der Waals surface area contributed by atoms with Gasteiger partial charge in [0.2, 0.25) is 5.95 Å². The number of amides is 1. The summed E-state index contributed by atoms with van der Waals surface area (Å²) in [5.41, 5.74) is 4.69. The number of likely N-dealkylation sites (tertiary alicyclic amines) is 1. The molecule has 7 nitrogen and oxygen atoms in total. The van der Waals surface area contributed by atoms with E-state index in [0.717, 1.165) is 31.1 Å². The molecule has 3 aliphatic rings. The molecule has 1 atom stereocenters. The number of thioether (sulfide) groups is 1. The zero-order chi connectivity index (χ0) is 25.5. The van der Waals surface area contributed by atoms with Crippen molar-refractivity contribution in [3.8, 4) is 0 Å². The molecule has 1 saturated heterocycles. The Hall–Kier alpha value is -2.36. The number of hydrogen-bond acceptors (Lipinski definition) is 7. The first kappa shape index (κ1) is 24.9. The normalized spacial score (nSPS) is 20.1. The van der Waals surface area contributed by atoms with Gasteiger partial charge in [-0.3, -0.25) is 14.6 Å². The van der Waals surface area contributed by atoms with E-state index in [4.69, 9.17) is 23.2 Å². The van der Waals surface area contributed by atoms with Gasteiger partial charge in [0, 0.05) is 38.1 Å². The fourth-order valence-corrected chi connectivity index (χ4v) is 6.99. The second kappa shape index (κ2) is 10.4. The molecule has 0 bridgehead atoms. The predicted molar refractivity (Wildman–Crippen MR) is 150 cm³/mol. The lowest BCUT2D eigenvalue weighted by Crippen LogP contribution is -2.35. The summed E-state index contributed by atoms with van der Waals surface area (Å²) in [6, 6.07) is 11.7. The van der Waals surface area contributed by atoms with Crippen LogP contribution in [0.4, 0.5) is 17.3 Å². The van der Waals surface area contributed by atoms with Crippen molar-refractivity contribution >= 4 is 58.2 Å². The molecule has 1 aromatic heterocycles. The topological polar surface area (TPSA) is 64.6 Å². The molecule has 0 radical (unpaired) electrons. The van der Waals surface area contributed by atoms with Gasteiger partial charge in [0.1, 0.15) is 5.03 Å². The minimum Gasteiger partial charge on any atom is -0.324 e. The van der Waals surface area contributed by atoms with E-state index in [1.165, 1.54) is 48.9 Å². The number of carbonyl (C=O) groups excluding carboxylic acids is 1. The van der Waals surface area contributed by atoms with Gasteiger partial charge in [-0.2, -0.15) is 0 Å². The van der Waals surface area contributed by atoms with Gasteiger partial charge >= 0.3 is 0 Å². The fraction of sp³-hybridized carbons (Fsp3) is 0.370. The van der Waals surface area contributed by atoms with E-state index in [0.29, 0.717) is 38.1 Å². The molecule has 37 heavy (non-hydrogen) atoms. The van der Waals surface area contributed by atoms with Gasteiger partial charge in [-0.1, -0.05) is 47.1 Å². The van der Waals surface area contributed by atoms with Gasteiger partial charge in [-0.05, 0) is 67.7 Å². The van der Waals surface area contributed by atoms with Crippen molar-refractivity contribution in [3.05, 3.63) is 69.3 Å². The van der Waals surface area contributed by atoms with Crippen LogP contribution in [0.3, 0.4) is 0 Å². The highest BCUT2D eigenvalue weighted by Gasteiger charge is 2.31. The average molecular weight is 556 g/mol. The standard InChI is InChI=1S/C27H28Cl2N6OS/c1-33-9-7-17(13-33)14-34-10-8-18-11-20(6-5-19(18)15-34)31-27-30-12-21-25(32-27)37-16-35(26(21)36)24-22(28)3-2-4-23(24)29/h2-6,11-12,17H,7-10,13-16H2,1H3,(H,30,31,32). The zero-order valence-electron chi connectivity index (χ0n) is 20.6. The molecule has 1 unspecified atom stereocenters. The van der Waals surface area contributed by atoms with E-state index in [1.807, 2.05) is 0 Å². The smallest absolute Gasteiger partial charge is 0.263 e. The number of fused-ring (bicyclic) bond motifs is 2. The number of hydrogen-bond donors (Lipinski definition) is 1. The number of nitrogens with zero attached hydrogens (tertiary/aromatic N) is 5. The molecule has 192 valence electrons. The summed E-state index contributed by atoms with van der Waals surface area (Å²) in [5, 5.41) is 4.85.